The van der Waals surface area contributed by atoms with Crippen molar-refractivity contribution >= 4 is 11.8 Å². The highest BCUT2D eigenvalue weighted by Gasteiger charge is 2.35. The molecule has 2 aliphatic rings. The van der Waals surface area contributed by atoms with Crippen molar-refractivity contribution in [1.82, 2.24) is 19.8 Å². The third-order valence-electron chi connectivity index (χ3n) is 6.99. The van der Waals surface area contributed by atoms with Crippen molar-refractivity contribution < 1.29 is 14.3 Å². The average Bonchev–Trinajstić information content (AvgIpc) is 2.85. The number of rotatable bonds is 6. The van der Waals surface area contributed by atoms with E-state index in [2.05, 4.69) is 9.97 Å². The molecule has 0 bridgehead atoms. The Labute approximate surface area is 198 Å². The van der Waals surface area contributed by atoms with E-state index in [9.17, 15) is 19.2 Å². The second kappa shape index (κ2) is 10.7. The second-order valence-corrected chi connectivity index (χ2v) is 9.16. The van der Waals surface area contributed by atoms with Gasteiger partial charge >= 0.3 is 5.69 Å². The molecule has 9 nitrogen and oxygen atoms in total. The van der Waals surface area contributed by atoms with Gasteiger partial charge in [0.05, 0.1) is 6.42 Å². The van der Waals surface area contributed by atoms with Gasteiger partial charge in [-0.15, -0.1) is 0 Å². The first-order valence-electron chi connectivity index (χ1n) is 12.0. The smallest absolute Gasteiger partial charge is 0.325 e. The van der Waals surface area contributed by atoms with Crippen molar-refractivity contribution in [3.05, 3.63) is 62.4 Å². The Morgan fingerprint density at radius 3 is 2.41 bits per heavy atom. The van der Waals surface area contributed by atoms with E-state index in [4.69, 9.17) is 4.74 Å². The first-order chi connectivity index (χ1) is 16.4. The molecule has 2 saturated heterocycles. The Morgan fingerprint density at radius 1 is 0.971 bits per heavy atom. The zero-order chi connectivity index (χ0) is 24.1. The van der Waals surface area contributed by atoms with Crippen LogP contribution in [0.1, 0.15) is 43.4 Å². The van der Waals surface area contributed by atoms with E-state index < -0.39 is 11.2 Å². The predicted octanol–water partition coefficient (Wildman–Crippen LogP) is 1.61. The van der Waals surface area contributed by atoms with Gasteiger partial charge in [-0.3, -0.25) is 19.4 Å². The lowest BCUT2D eigenvalue weighted by Crippen LogP contribution is -2.52. The quantitative estimate of drug-likeness (QED) is 0.668. The number of ether oxygens (including phenoxy) is 1. The molecule has 3 heterocycles. The molecule has 0 spiro atoms. The maximum absolute atomic E-state index is 13.2. The van der Waals surface area contributed by atoms with Crippen LogP contribution in [0.4, 0.5) is 0 Å². The summed E-state index contributed by atoms with van der Waals surface area (Å²) in [4.78, 5) is 58.0. The number of aryl methyl sites for hydroxylation is 1. The van der Waals surface area contributed by atoms with E-state index >= 15 is 0 Å². The van der Waals surface area contributed by atoms with Gasteiger partial charge in [-0.05, 0) is 57.1 Å². The van der Waals surface area contributed by atoms with Gasteiger partial charge in [0.1, 0.15) is 5.75 Å². The van der Waals surface area contributed by atoms with Gasteiger partial charge < -0.3 is 19.5 Å². The monoisotopic (exact) mass is 468 g/mol. The Bertz CT molecular complexity index is 1120. The highest BCUT2D eigenvalue weighted by molar-refractivity contribution is 5.79. The number of nitrogens with zero attached hydrogens (tertiary/aromatic N) is 2. The number of benzene rings is 1. The lowest BCUT2D eigenvalue weighted by Gasteiger charge is -2.43. The molecule has 1 aromatic heterocycles. The number of amides is 2. The van der Waals surface area contributed by atoms with Crippen LogP contribution in [0.15, 0.2) is 39.9 Å². The van der Waals surface area contributed by atoms with Crippen LogP contribution in [-0.4, -0.2) is 63.9 Å². The number of carbonyl (C=O) groups is 2. The molecule has 0 aliphatic carbocycles. The van der Waals surface area contributed by atoms with Crippen LogP contribution in [0.3, 0.4) is 0 Å². The summed E-state index contributed by atoms with van der Waals surface area (Å²) in [6, 6.07) is 9.42. The number of piperidine rings is 2. The first-order valence-corrected chi connectivity index (χ1v) is 12.0. The molecule has 1 atom stereocenters. The highest BCUT2D eigenvalue weighted by atomic mass is 16.5. The number of hydrogen-bond donors (Lipinski definition) is 2. The molecule has 2 amide bonds. The predicted molar refractivity (Wildman–Crippen MR) is 127 cm³/mol. The molecule has 9 heteroatoms. The minimum absolute atomic E-state index is 0.0216. The van der Waals surface area contributed by atoms with Crippen LogP contribution in [0.5, 0.6) is 5.75 Å². The van der Waals surface area contributed by atoms with E-state index in [0.29, 0.717) is 42.6 Å². The Morgan fingerprint density at radius 2 is 1.71 bits per heavy atom. The summed E-state index contributed by atoms with van der Waals surface area (Å²) in [5, 5.41) is 0. The number of nitrogens with one attached hydrogen (secondary N) is 2. The largest absolute Gasteiger partial charge is 0.484 e. The molecule has 2 aromatic rings. The van der Waals surface area contributed by atoms with Crippen LogP contribution in [0, 0.1) is 12.8 Å². The molecule has 0 saturated carbocycles. The number of hydrogen-bond acceptors (Lipinski definition) is 5. The number of likely N-dealkylation sites (tertiary alicyclic amines) is 2. The summed E-state index contributed by atoms with van der Waals surface area (Å²) in [6.07, 6.45) is 4.59. The molecule has 0 radical (unpaired) electrons. The minimum atomic E-state index is -0.565. The number of carbonyl (C=O) groups excluding carboxylic acids is 2. The zero-order valence-corrected chi connectivity index (χ0v) is 19.5. The molecule has 1 aromatic carbocycles. The lowest BCUT2D eigenvalue weighted by molar-refractivity contribution is -0.139. The van der Waals surface area contributed by atoms with Crippen molar-refractivity contribution in [2.75, 3.05) is 26.2 Å². The summed E-state index contributed by atoms with van der Waals surface area (Å²) in [5.74, 6) is 0.892. The van der Waals surface area contributed by atoms with E-state index in [0.717, 1.165) is 32.1 Å². The Balaban J connectivity index is 1.34. The van der Waals surface area contributed by atoms with Crippen LogP contribution in [0.2, 0.25) is 0 Å². The zero-order valence-electron chi connectivity index (χ0n) is 19.5. The molecule has 182 valence electrons. The average molecular weight is 469 g/mol. The van der Waals surface area contributed by atoms with Crippen molar-refractivity contribution in [3.63, 3.8) is 0 Å². The van der Waals surface area contributed by atoms with Crippen molar-refractivity contribution in [2.45, 2.75) is 51.5 Å². The molecular formula is C25H32N4O5. The summed E-state index contributed by atoms with van der Waals surface area (Å²) in [5.41, 5.74) is -0.328. The fourth-order valence-corrected chi connectivity index (χ4v) is 5.14. The Hall–Kier alpha value is -3.36. The first kappa shape index (κ1) is 23.8. The van der Waals surface area contributed by atoms with Gasteiger partial charge in [-0.1, -0.05) is 18.2 Å². The van der Waals surface area contributed by atoms with E-state index in [1.165, 1.54) is 0 Å². The molecule has 2 fully saturated rings. The van der Waals surface area contributed by atoms with E-state index in [-0.39, 0.29) is 30.9 Å². The number of aromatic amines is 2. The van der Waals surface area contributed by atoms with Crippen molar-refractivity contribution in [1.29, 1.82) is 0 Å². The normalized spacial score (nSPS) is 19.1. The van der Waals surface area contributed by atoms with Crippen molar-refractivity contribution in [2.24, 2.45) is 5.92 Å². The number of aromatic nitrogens is 2. The SMILES string of the molecule is Cc1[nH]c(=O)[nH]c(=O)c1CC(=O)N1CCCC[C@@H]1C1CCN(C(=O)COc2ccccc2)CC1. The summed E-state index contributed by atoms with van der Waals surface area (Å²) in [7, 11) is 0. The fraction of sp³-hybridized carbons (Fsp3) is 0.520. The molecule has 0 unspecified atom stereocenters. The summed E-state index contributed by atoms with van der Waals surface area (Å²) >= 11 is 0. The summed E-state index contributed by atoms with van der Waals surface area (Å²) < 4.78 is 5.60. The number of para-hydroxylation sites is 1. The topological polar surface area (TPSA) is 116 Å². The molecule has 34 heavy (non-hydrogen) atoms. The highest BCUT2D eigenvalue weighted by Crippen LogP contribution is 2.31. The van der Waals surface area contributed by atoms with Gasteiger partial charge in [0, 0.05) is 36.9 Å². The number of H-pyrrole nitrogens is 2. The summed E-state index contributed by atoms with van der Waals surface area (Å²) in [6.45, 7) is 3.64. The fourth-order valence-electron chi connectivity index (χ4n) is 5.14. The van der Waals surface area contributed by atoms with Gasteiger partial charge in [0.25, 0.3) is 11.5 Å². The van der Waals surface area contributed by atoms with E-state index in [1.807, 2.05) is 40.1 Å². The van der Waals surface area contributed by atoms with Gasteiger partial charge in [0.2, 0.25) is 5.91 Å². The maximum Gasteiger partial charge on any atom is 0.325 e. The third kappa shape index (κ3) is 5.58. The Kier molecular flexibility index (Phi) is 7.49. The van der Waals surface area contributed by atoms with Gasteiger partial charge in [0.15, 0.2) is 6.61 Å². The van der Waals surface area contributed by atoms with Crippen LogP contribution < -0.4 is 16.0 Å². The van der Waals surface area contributed by atoms with Crippen LogP contribution in [-0.2, 0) is 16.0 Å². The molecule has 4 rings (SSSR count). The molecular weight excluding hydrogens is 436 g/mol. The van der Waals surface area contributed by atoms with E-state index in [1.54, 1.807) is 6.92 Å². The standard InChI is InChI=1S/C25H32N4O5/c1-17-20(24(32)27-25(33)26-17)15-22(30)29-12-6-5-9-21(29)18-10-13-28(14-11-18)23(31)16-34-19-7-3-2-4-8-19/h2-4,7-8,18,21H,5-6,9-16H2,1H3,(H2,26,27,32,33)/t21-/m1/s1. The van der Waals surface area contributed by atoms with Crippen LogP contribution >= 0.6 is 0 Å². The lowest BCUT2D eigenvalue weighted by atomic mass is 9.83. The second-order valence-electron chi connectivity index (χ2n) is 9.16. The molecule has 2 N–H and O–H groups in total. The van der Waals surface area contributed by atoms with Gasteiger partial charge in [-0.2, -0.15) is 0 Å². The third-order valence-corrected chi connectivity index (χ3v) is 6.99. The van der Waals surface area contributed by atoms with Gasteiger partial charge in [-0.25, -0.2) is 4.79 Å². The van der Waals surface area contributed by atoms with Crippen molar-refractivity contribution in [3.8, 4) is 5.75 Å². The molecule has 2 aliphatic heterocycles. The van der Waals surface area contributed by atoms with Crippen LogP contribution in [0.25, 0.3) is 0 Å². The minimum Gasteiger partial charge on any atom is -0.484 e. The maximum atomic E-state index is 13.2.